The van der Waals surface area contributed by atoms with Crippen molar-refractivity contribution in [1.29, 1.82) is 0 Å². The molecule has 19 heavy (non-hydrogen) atoms. The van der Waals surface area contributed by atoms with E-state index in [2.05, 4.69) is 0 Å². The first-order chi connectivity index (χ1) is 9.22. The lowest BCUT2D eigenvalue weighted by Gasteiger charge is -2.30. The van der Waals surface area contributed by atoms with Crippen LogP contribution in [0.15, 0.2) is 52.3 Å². The van der Waals surface area contributed by atoms with Crippen LogP contribution in [0.5, 0.6) is 0 Å². The fourth-order valence-electron chi connectivity index (χ4n) is 2.30. The smallest absolute Gasteiger partial charge is 0.0868 e. The maximum absolute atomic E-state index is 10.5. The van der Waals surface area contributed by atoms with Gasteiger partial charge in [-0.1, -0.05) is 43.0 Å². The zero-order valence-electron chi connectivity index (χ0n) is 10.6. The van der Waals surface area contributed by atoms with Crippen LogP contribution in [0.1, 0.15) is 18.4 Å². The summed E-state index contributed by atoms with van der Waals surface area (Å²) in [5.74, 6) is -0.00420. The summed E-state index contributed by atoms with van der Waals surface area (Å²) >= 11 is 1.65. The molecule has 2 aromatic rings. The van der Waals surface area contributed by atoms with E-state index in [4.69, 9.17) is 0 Å². The van der Waals surface area contributed by atoms with Gasteiger partial charge in [0.05, 0.1) is 11.4 Å². The van der Waals surface area contributed by atoms with Crippen molar-refractivity contribution in [1.82, 2.24) is 0 Å². The number of anilines is 2. The Kier molecular flexibility index (Phi) is 3.22. The lowest BCUT2D eigenvalue weighted by atomic mass is 9.99. The molecule has 0 radical (unpaired) electrons. The molecule has 3 rings (SSSR count). The van der Waals surface area contributed by atoms with Crippen molar-refractivity contribution >= 4 is 23.1 Å². The highest BCUT2D eigenvalue weighted by Crippen LogP contribution is 2.49. The van der Waals surface area contributed by atoms with Crippen LogP contribution < -0.4 is 5.06 Å². The first-order valence-corrected chi connectivity index (χ1v) is 7.03. The Hall–Kier alpha value is -1.49. The van der Waals surface area contributed by atoms with Gasteiger partial charge in [-0.2, -0.15) is 0 Å². The van der Waals surface area contributed by atoms with Crippen molar-refractivity contribution in [2.24, 2.45) is 0 Å². The molecular formula is C15H15NO2S. The third-order valence-corrected chi connectivity index (χ3v) is 4.47. The van der Waals surface area contributed by atoms with Crippen molar-refractivity contribution < 1.29 is 10.3 Å². The molecule has 1 aliphatic rings. The van der Waals surface area contributed by atoms with Gasteiger partial charge in [0.2, 0.25) is 0 Å². The molecular weight excluding hydrogens is 258 g/mol. The van der Waals surface area contributed by atoms with Gasteiger partial charge in [0.15, 0.2) is 0 Å². The van der Waals surface area contributed by atoms with Gasteiger partial charge in [0, 0.05) is 22.3 Å². The van der Waals surface area contributed by atoms with Gasteiger partial charge in [-0.05, 0) is 23.8 Å². The molecule has 0 aromatic heterocycles. The molecule has 1 atom stereocenters. The minimum atomic E-state index is -0.00420. The van der Waals surface area contributed by atoms with Crippen LogP contribution in [0.3, 0.4) is 0 Å². The maximum atomic E-state index is 10.5. The number of hydrogen-bond donors (Lipinski definition) is 2. The summed E-state index contributed by atoms with van der Waals surface area (Å²) in [7, 11) is 0. The summed E-state index contributed by atoms with van der Waals surface area (Å²) < 4.78 is 0. The van der Waals surface area contributed by atoms with Crippen LogP contribution in [-0.4, -0.2) is 16.9 Å². The second-order valence-electron chi connectivity index (χ2n) is 4.66. The van der Waals surface area contributed by atoms with E-state index >= 15 is 0 Å². The molecule has 0 aliphatic carbocycles. The van der Waals surface area contributed by atoms with E-state index in [0.717, 1.165) is 26.7 Å². The number of nitrogens with zero attached hydrogens (tertiary/aromatic N) is 1. The van der Waals surface area contributed by atoms with Crippen LogP contribution in [0.2, 0.25) is 0 Å². The number of fused-ring (bicyclic) bond motifs is 2. The zero-order chi connectivity index (χ0) is 13.4. The fraction of sp³-hybridized carbons (Fsp3) is 0.200. The predicted octanol–water partition coefficient (Wildman–Crippen LogP) is 3.77. The van der Waals surface area contributed by atoms with E-state index in [1.807, 2.05) is 49.4 Å². The third-order valence-electron chi connectivity index (χ3n) is 3.36. The molecule has 4 heteroatoms. The highest BCUT2D eigenvalue weighted by molar-refractivity contribution is 7.99. The topological polar surface area (TPSA) is 43.7 Å². The van der Waals surface area contributed by atoms with Crippen LogP contribution in [-0.2, 0) is 0 Å². The monoisotopic (exact) mass is 273 g/mol. The van der Waals surface area contributed by atoms with Crippen molar-refractivity contribution in [3.8, 4) is 0 Å². The fourth-order valence-corrected chi connectivity index (χ4v) is 3.39. The summed E-state index contributed by atoms with van der Waals surface area (Å²) in [5.41, 5.74) is 2.54. The Morgan fingerprint density at radius 2 is 1.84 bits per heavy atom. The lowest BCUT2D eigenvalue weighted by Crippen LogP contribution is -2.18. The zero-order valence-corrected chi connectivity index (χ0v) is 11.4. The Balaban J connectivity index is 2.16. The number of para-hydroxylation sites is 2. The van der Waals surface area contributed by atoms with Gasteiger partial charge in [-0.3, -0.25) is 5.21 Å². The number of benzene rings is 2. The van der Waals surface area contributed by atoms with E-state index in [-0.39, 0.29) is 12.5 Å². The van der Waals surface area contributed by atoms with E-state index in [1.54, 1.807) is 11.8 Å². The molecule has 0 fully saturated rings. The number of aliphatic hydroxyl groups is 1. The minimum Gasteiger partial charge on any atom is -0.396 e. The average molecular weight is 273 g/mol. The molecule has 2 aromatic carbocycles. The van der Waals surface area contributed by atoms with Crippen LogP contribution in [0.4, 0.5) is 11.4 Å². The predicted molar refractivity (Wildman–Crippen MR) is 76.4 cm³/mol. The summed E-state index contributed by atoms with van der Waals surface area (Å²) in [5, 5.41) is 21.1. The molecule has 0 spiro atoms. The molecule has 0 saturated heterocycles. The first-order valence-electron chi connectivity index (χ1n) is 6.22. The second kappa shape index (κ2) is 4.89. The molecule has 0 bridgehead atoms. The molecule has 3 nitrogen and oxygen atoms in total. The van der Waals surface area contributed by atoms with Gasteiger partial charge < -0.3 is 5.11 Å². The summed E-state index contributed by atoms with van der Waals surface area (Å²) in [4.78, 5) is 2.05. The highest BCUT2D eigenvalue weighted by atomic mass is 32.2. The summed E-state index contributed by atoms with van der Waals surface area (Å²) in [6.45, 7) is 2.02. The lowest BCUT2D eigenvalue weighted by molar-refractivity contribution is 0.268. The van der Waals surface area contributed by atoms with E-state index < -0.39 is 0 Å². The number of rotatable bonds is 2. The maximum Gasteiger partial charge on any atom is 0.0868 e. The minimum absolute atomic E-state index is 0.00420. The Morgan fingerprint density at radius 1 is 1.11 bits per heavy atom. The SMILES string of the molecule is CC(CO)c1cccc2c1N(O)c1ccccc1S2. The van der Waals surface area contributed by atoms with Crippen molar-refractivity contribution in [3.05, 3.63) is 48.0 Å². The van der Waals surface area contributed by atoms with Crippen LogP contribution in [0.25, 0.3) is 0 Å². The van der Waals surface area contributed by atoms with E-state index in [9.17, 15) is 10.3 Å². The van der Waals surface area contributed by atoms with Gasteiger partial charge in [0.1, 0.15) is 0 Å². The molecule has 1 heterocycles. The number of aliphatic hydroxyl groups excluding tert-OH is 1. The second-order valence-corrected chi connectivity index (χ2v) is 5.74. The molecule has 2 N–H and O–H groups in total. The van der Waals surface area contributed by atoms with Crippen molar-refractivity contribution in [3.63, 3.8) is 0 Å². The molecule has 1 aliphatic heterocycles. The van der Waals surface area contributed by atoms with Crippen molar-refractivity contribution in [2.45, 2.75) is 22.6 Å². The standard InChI is InChI=1S/C15H15NO2S/c1-10(9-17)11-5-4-8-14-15(11)16(18)12-6-2-3-7-13(12)19-14/h2-8,10,17-18H,9H2,1H3. The van der Waals surface area contributed by atoms with E-state index in [0.29, 0.717) is 0 Å². The normalized spacial score (nSPS) is 14.8. The summed E-state index contributed by atoms with van der Waals surface area (Å²) in [6, 6.07) is 13.7. The van der Waals surface area contributed by atoms with Gasteiger partial charge >= 0.3 is 0 Å². The molecule has 1 unspecified atom stereocenters. The molecule has 98 valence electrons. The average Bonchev–Trinajstić information content (AvgIpc) is 2.46. The Labute approximate surface area is 116 Å². The Morgan fingerprint density at radius 3 is 2.63 bits per heavy atom. The highest BCUT2D eigenvalue weighted by Gasteiger charge is 2.26. The quantitative estimate of drug-likeness (QED) is 0.874. The molecule has 0 amide bonds. The third kappa shape index (κ3) is 2.02. The van der Waals surface area contributed by atoms with Crippen molar-refractivity contribution in [2.75, 3.05) is 11.7 Å². The first kappa shape index (κ1) is 12.5. The van der Waals surface area contributed by atoms with Crippen LogP contribution >= 0.6 is 11.8 Å². The summed E-state index contributed by atoms with van der Waals surface area (Å²) in [6.07, 6.45) is 0. The van der Waals surface area contributed by atoms with Gasteiger partial charge in [0.25, 0.3) is 0 Å². The largest absolute Gasteiger partial charge is 0.396 e. The van der Waals surface area contributed by atoms with Gasteiger partial charge in [-0.15, -0.1) is 0 Å². The Bertz CT molecular complexity index is 615. The van der Waals surface area contributed by atoms with Crippen LogP contribution in [0, 0.1) is 0 Å². The van der Waals surface area contributed by atoms with Gasteiger partial charge in [-0.25, -0.2) is 5.06 Å². The van der Waals surface area contributed by atoms with E-state index in [1.165, 1.54) is 5.06 Å². The molecule has 0 saturated carbocycles. The number of hydrogen-bond acceptors (Lipinski definition) is 4.